The Hall–Kier alpha value is -3.29. The molecule has 0 unspecified atom stereocenters. The number of nitrogens with zero attached hydrogens (tertiary/aromatic N) is 2. The zero-order valence-electron chi connectivity index (χ0n) is 16.4. The van der Waals surface area contributed by atoms with Gasteiger partial charge in [0.05, 0.1) is 14.2 Å². The predicted octanol–water partition coefficient (Wildman–Crippen LogP) is 2.21. The monoisotopic (exact) mass is 402 g/mol. The van der Waals surface area contributed by atoms with E-state index in [1.807, 2.05) is 0 Å². The van der Waals surface area contributed by atoms with Crippen LogP contribution in [0, 0.1) is 5.82 Å². The van der Waals surface area contributed by atoms with Gasteiger partial charge in [0.1, 0.15) is 0 Å². The fraction of sp³-hybridized carbons (Fsp3) is 0.333. The number of carbonyl (C=O) groups is 2. The van der Waals surface area contributed by atoms with Crippen molar-refractivity contribution in [2.45, 2.75) is 0 Å². The molecule has 2 amide bonds. The van der Waals surface area contributed by atoms with Gasteiger partial charge in [0.25, 0.3) is 11.8 Å². The molecule has 1 fully saturated rings. The third-order valence-corrected chi connectivity index (χ3v) is 4.74. The minimum atomic E-state index is -0.509. The molecule has 29 heavy (non-hydrogen) atoms. The fourth-order valence-corrected chi connectivity index (χ4v) is 3.10. The lowest BCUT2D eigenvalue weighted by atomic mass is 10.1. The number of amides is 2. The number of rotatable bonds is 6. The van der Waals surface area contributed by atoms with Gasteiger partial charge in [0.15, 0.2) is 29.7 Å². The van der Waals surface area contributed by atoms with Gasteiger partial charge < -0.3 is 24.0 Å². The van der Waals surface area contributed by atoms with Gasteiger partial charge in [0.2, 0.25) is 0 Å². The summed E-state index contributed by atoms with van der Waals surface area (Å²) in [4.78, 5) is 28.4. The number of ether oxygens (including phenoxy) is 3. The average Bonchev–Trinajstić information content (AvgIpc) is 2.77. The maximum absolute atomic E-state index is 13.6. The molecular weight excluding hydrogens is 379 g/mol. The Balaban J connectivity index is 1.54. The maximum atomic E-state index is 13.6. The fourth-order valence-electron chi connectivity index (χ4n) is 3.10. The molecular formula is C21H23FN2O5. The second-order valence-electron chi connectivity index (χ2n) is 6.46. The molecule has 0 radical (unpaired) electrons. The normalized spacial score (nSPS) is 13.8. The first-order valence-electron chi connectivity index (χ1n) is 9.20. The van der Waals surface area contributed by atoms with Gasteiger partial charge in [-0.3, -0.25) is 9.59 Å². The van der Waals surface area contributed by atoms with Crippen LogP contribution < -0.4 is 14.2 Å². The van der Waals surface area contributed by atoms with Gasteiger partial charge in [-0.1, -0.05) is 12.1 Å². The highest BCUT2D eigenvalue weighted by Gasteiger charge is 2.25. The van der Waals surface area contributed by atoms with Crippen LogP contribution in [0.2, 0.25) is 0 Å². The van der Waals surface area contributed by atoms with Gasteiger partial charge in [-0.2, -0.15) is 0 Å². The number of hydrogen-bond acceptors (Lipinski definition) is 5. The van der Waals surface area contributed by atoms with Crippen LogP contribution in [-0.2, 0) is 4.79 Å². The molecule has 154 valence electrons. The number of hydrogen-bond donors (Lipinski definition) is 0. The van der Waals surface area contributed by atoms with Crippen molar-refractivity contribution < 1.29 is 28.2 Å². The molecule has 0 N–H and O–H groups in total. The van der Waals surface area contributed by atoms with E-state index < -0.39 is 5.82 Å². The topological polar surface area (TPSA) is 68.3 Å². The molecule has 0 saturated carbocycles. The smallest absolute Gasteiger partial charge is 0.260 e. The van der Waals surface area contributed by atoms with Gasteiger partial charge >= 0.3 is 0 Å². The van der Waals surface area contributed by atoms with Crippen LogP contribution in [-0.4, -0.2) is 68.6 Å². The van der Waals surface area contributed by atoms with E-state index in [-0.39, 0.29) is 24.2 Å². The van der Waals surface area contributed by atoms with E-state index in [0.717, 1.165) is 0 Å². The second kappa shape index (κ2) is 9.27. The molecule has 1 saturated heterocycles. The molecule has 2 aromatic rings. The summed E-state index contributed by atoms with van der Waals surface area (Å²) < 4.78 is 29.3. The summed E-state index contributed by atoms with van der Waals surface area (Å²) in [6, 6.07) is 11.0. The minimum Gasteiger partial charge on any atom is -0.493 e. The number of piperazine rings is 1. The molecule has 0 bridgehead atoms. The molecule has 1 aliphatic rings. The summed E-state index contributed by atoms with van der Waals surface area (Å²) in [6.45, 7) is 1.33. The van der Waals surface area contributed by atoms with Crippen LogP contribution in [0.1, 0.15) is 10.4 Å². The number of carbonyl (C=O) groups excluding carboxylic acids is 2. The van der Waals surface area contributed by atoms with Crippen LogP contribution in [0.15, 0.2) is 42.5 Å². The number of benzene rings is 2. The van der Waals surface area contributed by atoms with Gasteiger partial charge in [-0.25, -0.2) is 4.39 Å². The van der Waals surface area contributed by atoms with Gasteiger partial charge in [0, 0.05) is 31.7 Å². The Morgan fingerprint density at radius 3 is 2.21 bits per heavy atom. The van der Waals surface area contributed by atoms with E-state index in [2.05, 4.69) is 0 Å². The van der Waals surface area contributed by atoms with Gasteiger partial charge in [-0.05, 0) is 30.3 Å². The van der Waals surface area contributed by atoms with Crippen LogP contribution >= 0.6 is 0 Å². The Kier molecular flexibility index (Phi) is 6.54. The second-order valence-corrected chi connectivity index (χ2v) is 6.46. The zero-order valence-corrected chi connectivity index (χ0v) is 16.4. The predicted molar refractivity (Wildman–Crippen MR) is 104 cm³/mol. The van der Waals surface area contributed by atoms with Crippen molar-refractivity contribution in [1.82, 2.24) is 9.80 Å². The van der Waals surface area contributed by atoms with Crippen molar-refractivity contribution in [3.8, 4) is 17.2 Å². The van der Waals surface area contributed by atoms with E-state index in [0.29, 0.717) is 43.2 Å². The lowest BCUT2D eigenvalue weighted by molar-refractivity contribution is -0.134. The van der Waals surface area contributed by atoms with Crippen molar-refractivity contribution in [3.63, 3.8) is 0 Å². The first-order valence-corrected chi connectivity index (χ1v) is 9.20. The Morgan fingerprint density at radius 1 is 0.897 bits per heavy atom. The summed E-state index contributed by atoms with van der Waals surface area (Å²) in [5.41, 5.74) is 0.491. The summed E-state index contributed by atoms with van der Waals surface area (Å²) >= 11 is 0. The van der Waals surface area contributed by atoms with Crippen LogP contribution in [0.5, 0.6) is 17.2 Å². The molecule has 1 heterocycles. The molecule has 7 nitrogen and oxygen atoms in total. The Morgan fingerprint density at radius 2 is 1.55 bits per heavy atom. The van der Waals surface area contributed by atoms with Crippen LogP contribution in [0.4, 0.5) is 4.39 Å². The molecule has 2 aromatic carbocycles. The maximum Gasteiger partial charge on any atom is 0.260 e. The molecule has 8 heteroatoms. The first kappa shape index (κ1) is 20.4. The zero-order chi connectivity index (χ0) is 20.8. The summed E-state index contributed by atoms with van der Waals surface area (Å²) in [5, 5.41) is 0. The van der Waals surface area contributed by atoms with E-state index in [4.69, 9.17) is 14.2 Å². The van der Waals surface area contributed by atoms with Crippen molar-refractivity contribution >= 4 is 11.8 Å². The Bertz CT molecular complexity index is 881. The van der Waals surface area contributed by atoms with E-state index in [1.165, 1.54) is 26.4 Å². The summed E-state index contributed by atoms with van der Waals surface area (Å²) in [6.07, 6.45) is 0. The largest absolute Gasteiger partial charge is 0.493 e. The lowest BCUT2D eigenvalue weighted by Crippen LogP contribution is -2.51. The molecule has 1 aliphatic heterocycles. The summed E-state index contributed by atoms with van der Waals surface area (Å²) in [5.74, 6) is 0.188. The highest BCUT2D eigenvalue weighted by Crippen LogP contribution is 2.28. The van der Waals surface area contributed by atoms with E-state index >= 15 is 0 Å². The lowest BCUT2D eigenvalue weighted by Gasteiger charge is -2.34. The molecule has 0 aliphatic carbocycles. The Labute approximate surface area is 168 Å². The van der Waals surface area contributed by atoms with Crippen LogP contribution in [0.3, 0.4) is 0 Å². The highest BCUT2D eigenvalue weighted by molar-refractivity contribution is 5.95. The van der Waals surface area contributed by atoms with Gasteiger partial charge in [-0.15, -0.1) is 0 Å². The first-order chi connectivity index (χ1) is 14.0. The van der Waals surface area contributed by atoms with Crippen LogP contribution in [0.25, 0.3) is 0 Å². The average molecular weight is 402 g/mol. The molecule has 0 aromatic heterocycles. The van der Waals surface area contributed by atoms with E-state index in [9.17, 15) is 14.0 Å². The molecule has 3 rings (SSSR count). The van der Waals surface area contributed by atoms with E-state index in [1.54, 1.807) is 40.1 Å². The van der Waals surface area contributed by atoms with Crippen molar-refractivity contribution in [3.05, 3.63) is 53.8 Å². The SMILES string of the molecule is COc1ccc(C(=O)N2CCN(C(=O)COc3ccccc3F)CC2)cc1OC. The molecule has 0 spiro atoms. The molecule has 0 atom stereocenters. The van der Waals surface area contributed by atoms with Crippen molar-refractivity contribution in [2.24, 2.45) is 0 Å². The number of para-hydroxylation sites is 1. The number of halogens is 1. The van der Waals surface area contributed by atoms with Crippen molar-refractivity contribution in [1.29, 1.82) is 0 Å². The standard InChI is InChI=1S/C21H23FN2O5/c1-27-18-8-7-15(13-19(18)28-2)21(26)24-11-9-23(10-12-24)20(25)14-29-17-6-4-3-5-16(17)22/h3-8,13H,9-12,14H2,1-2H3. The highest BCUT2D eigenvalue weighted by atomic mass is 19.1. The minimum absolute atomic E-state index is 0.0446. The third-order valence-electron chi connectivity index (χ3n) is 4.74. The third kappa shape index (κ3) is 4.77. The summed E-state index contributed by atoms with van der Waals surface area (Å²) in [7, 11) is 3.05. The quantitative estimate of drug-likeness (QED) is 0.741. The number of methoxy groups -OCH3 is 2. The van der Waals surface area contributed by atoms with Crippen molar-refractivity contribution in [2.75, 3.05) is 47.0 Å².